The van der Waals surface area contributed by atoms with Crippen LogP contribution in [0.3, 0.4) is 0 Å². The number of thioether (sulfide) groups is 2. The number of nitrogens with zero attached hydrogens (tertiary/aromatic N) is 2. The summed E-state index contributed by atoms with van der Waals surface area (Å²) in [6.07, 6.45) is 8.12. The van der Waals surface area contributed by atoms with Crippen molar-refractivity contribution in [2.24, 2.45) is 0 Å². The van der Waals surface area contributed by atoms with Crippen LogP contribution in [-0.4, -0.2) is 58.6 Å². The number of ether oxygens (including phenoxy) is 4. The zero-order chi connectivity index (χ0) is 44.5. The maximum atomic E-state index is 12.0. The van der Waals surface area contributed by atoms with Gasteiger partial charge in [0.05, 0.1) is 51.2 Å². The predicted octanol–water partition coefficient (Wildman–Crippen LogP) is 12.6. The van der Waals surface area contributed by atoms with Crippen molar-refractivity contribution in [1.82, 2.24) is 19.9 Å². The number of methoxy groups -OCH3 is 4. The zero-order valence-corrected chi connectivity index (χ0v) is 37.5. The Morgan fingerprint density at radius 1 is 0.406 bits per heavy atom. The Labute approximate surface area is 378 Å². The van der Waals surface area contributed by atoms with Crippen LogP contribution in [0.4, 0.5) is 0 Å². The Morgan fingerprint density at radius 2 is 0.688 bits per heavy atom. The van der Waals surface area contributed by atoms with Gasteiger partial charge in [0.15, 0.2) is 10.2 Å². The summed E-state index contributed by atoms with van der Waals surface area (Å²) in [6, 6.07) is 35.7. The zero-order valence-electron chi connectivity index (χ0n) is 35.9. The molecule has 0 atom stereocenters. The largest absolute Gasteiger partial charge is 0.497 e. The minimum atomic E-state index is 0.0130. The molecule has 318 valence electrons. The number of hydrogen-bond donors (Lipinski definition) is 2. The first-order valence-corrected chi connectivity index (χ1v) is 22.0. The van der Waals surface area contributed by atoms with E-state index >= 15 is 0 Å². The number of H-pyrrole nitrogens is 2. The van der Waals surface area contributed by atoms with Gasteiger partial charge in [-0.15, -0.1) is 0 Å². The third-order valence-electron chi connectivity index (χ3n) is 10.8. The predicted molar refractivity (Wildman–Crippen MR) is 260 cm³/mol. The lowest BCUT2D eigenvalue weighted by Gasteiger charge is -2.10. The SMILES string of the molecule is COc1cc(OC)cc(-c2c3nc(c(-c4ccc(SC(C)=O)cc4)c4ccc([nH]4)c(-c4cc(OC)cc(OC)c4)c4nc(c(-c5ccc(SC(C)=O)cc5)c5ccc2[nH]5)C=C4)C=C3)c1. The number of benzene rings is 4. The van der Waals surface area contributed by atoms with Gasteiger partial charge in [0, 0.05) is 80.1 Å². The standard InChI is InChI=1S/C52H42N4O6S2/c1-29(57)63-39-11-7-31(8-12-39)49-41-15-19-45(53-41)51(33-23-35(59-3)27-36(24-33)60-4)47-21-17-43(55-47)50(32-9-13-40(14-10-32)64-30(2)58)44-18-22-48(56-44)52(46-20-16-42(49)54-46)34-25-37(61-5)28-38(26-34)62-6/h7-28,53,56H,1-6H3. The van der Waals surface area contributed by atoms with Gasteiger partial charge in [-0.2, -0.15) is 0 Å². The molecule has 12 heteroatoms. The second-order valence-electron chi connectivity index (χ2n) is 14.9. The highest BCUT2D eigenvalue weighted by atomic mass is 32.2. The molecule has 9 rings (SSSR count). The topological polar surface area (TPSA) is 128 Å². The fraction of sp³-hybridized carbons (Fsp3) is 0.115. The minimum absolute atomic E-state index is 0.0130. The van der Waals surface area contributed by atoms with Crippen LogP contribution in [0.2, 0.25) is 0 Å². The van der Waals surface area contributed by atoms with Crippen molar-refractivity contribution in [1.29, 1.82) is 0 Å². The maximum absolute atomic E-state index is 12.0. The molecule has 2 aliphatic heterocycles. The van der Waals surface area contributed by atoms with Crippen LogP contribution < -0.4 is 18.9 Å². The summed E-state index contributed by atoms with van der Waals surface area (Å²) in [5.41, 5.74) is 13.0. The Balaban J connectivity index is 1.44. The number of carbonyl (C=O) groups excluding carboxylic acids is 2. The molecule has 0 saturated carbocycles. The third-order valence-corrected chi connectivity index (χ3v) is 12.4. The number of aromatic amines is 2. The Bertz CT molecular complexity index is 2960. The van der Waals surface area contributed by atoms with Crippen molar-refractivity contribution in [3.05, 3.63) is 132 Å². The van der Waals surface area contributed by atoms with Crippen molar-refractivity contribution < 1.29 is 28.5 Å². The molecule has 0 fully saturated rings. The van der Waals surface area contributed by atoms with E-state index in [0.29, 0.717) is 23.0 Å². The van der Waals surface area contributed by atoms with Crippen molar-refractivity contribution in [2.45, 2.75) is 23.6 Å². The molecular formula is C52H42N4O6S2. The molecular weight excluding hydrogens is 841 g/mol. The van der Waals surface area contributed by atoms with Gasteiger partial charge in [-0.1, -0.05) is 47.8 Å². The summed E-state index contributed by atoms with van der Waals surface area (Å²) in [6.45, 7) is 3.13. The lowest BCUT2D eigenvalue weighted by molar-refractivity contribution is -0.109. The fourth-order valence-corrected chi connectivity index (χ4v) is 9.24. The van der Waals surface area contributed by atoms with Gasteiger partial charge in [0.1, 0.15) is 23.0 Å². The van der Waals surface area contributed by atoms with Crippen LogP contribution in [-0.2, 0) is 9.59 Å². The van der Waals surface area contributed by atoms with Gasteiger partial charge in [0.2, 0.25) is 0 Å². The van der Waals surface area contributed by atoms with Gasteiger partial charge in [0.25, 0.3) is 0 Å². The molecule has 5 heterocycles. The number of hydrogen-bond acceptors (Lipinski definition) is 10. The average molecular weight is 883 g/mol. The van der Waals surface area contributed by atoms with Crippen LogP contribution >= 0.6 is 23.5 Å². The second kappa shape index (κ2) is 17.8. The van der Waals surface area contributed by atoms with Gasteiger partial charge in [-0.3, -0.25) is 9.59 Å². The molecule has 0 amide bonds. The van der Waals surface area contributed by atoms with E-state index in [1.807, 2.05) is 109 Å². The highest BCUT2D eigenvalue weighted by Gasteiger charge is 2.21. The number of fused-ring (bicyclic) bond motifs is 8. The Hall–Kier alpha value is -7.28. The van der Waals surface area contributed by atoms with Crippen molar-refractivity contribution in [2.75, 3.05) is 28.4 Å². The monoisotopic (exact) mass is 882 g/mol. The normalized spacial score (nSPS) is 11.7. The van der Waals surface area contributed by atoms with Gasteiger partial charge in [-0.25, -0.2) is 9.97 Å². The fourth-order valence-electron chi connectivity index (χ4n) is 8.04. The molecule has 0 saturated heterocycles. The van der Waals surface area contributed by atoms with E-state index in [2.05, 4.69) is 34.2 Å². The molecule has 0 unspecified atom stereocenters. The number of carbonyl (C=O) groups is 2. The van der Waals surface area contributed by atoms with E-state index in [1.54, 1.807) is 42.3 Å². The number of rotatable bonds is 10. The van der Waals surface area contributed by atoms with E-state index in [9.17, 15) is 9.59 Å². The van der Waals surface area contributed by atoms with Crippen molar-refractivity contribution in [3.8, 4) is 67.5 Å². The van der Waals surface area contributed by atoms with E-state index in [1.165, 1.54) is 23.5 Å². The molecule has 3 aromatic heterocycles. The maximum Gasteiger partial charge on any atom is 0.190 e. The van der Waals surface area contributed by atoms with Gasteiger partial charge < -0.3 is 28.9 Å². The summed E-state index contributed by atoms with van der Waals surface area (Å²) >= 11 is 2.39. The van der Waals surface area contributed by atoms with Crippen molar-refractivity contribution in [3.63, 3.8) is 0 Å². The van der Waals surface area contributed by atoms with Crippen LogP contribution in [0.1, 0.15) is 36.6 Å². The molecule has 7 aromatic rings. The lowest BCUT2D eigenvalue weighted by atomic mass is 10.0. The van der Waals surface area contributed by atoms with E-state index in [-0.39, 0.29) is 10.2 Å². The Kier molecular flexibility index (Phi) is 11.7. The highest BCUT2D eigenvalue weighted by molar-refractivity contribution is 8.13. The number of nitrogens with one attached hydrogen (secondary N) is 2. The summed E-state index contributed by atoms with van der Waals surface area (Å²) in [7, 11) is 6.54. The van der Waals surface area contributed by atoms with E-state index in [4.69, 9.17) is 28.9 Å². The molecule has 8 bridgehead atoms. The first-order chi connectivity index (χ1) is 31.1. The highest BCUT2D eigenvalue weighted by Crippen LogP contribution is 2.41. The van der Waals surface area contributed by atoms with Crippen LogP contribution in [0.25, 0.3) is 90.9 Å². The average Bonchev–Trinajstić information content (AvgIpc) is 4.15. The first kappa shape index (κ1) is 42.0. The molecule has 64 heavy (non-hydrogen) atoms. The van der Waals surface area contributed by atoms with Crippen LogP contribution in [0.5, 0.6) is 23.0 Å². The number of aromatic nitrogens is 4. The smallest absolute Gasteiger partial charge is 0.190 e. The lowest BCUT2D eigenvalue weighted by Crippen LogP contribution is -1.92. The van der Waals surface area contributed by atoms with Gasteiger partial charge in [-0.05, 0) is 119 Å². The third kappa shape index (κ3) is 8.45. The molecule has 2 N–H and O–H groups in total. The second-order valence-corrected chi connectivity index (χ2v) is 17.4. The minimum Gasteiger partial charge on any atom is -0.497 e. The summed E-state index contributed by atoms with van der Waals surface area (Å²) in [5, 5.41) is 0.0261. The molecule has 10 nitrogen and oxygen atoms in total. The summed E-state index contributed by atoms with van der Waals surface area (Å²) in [4.78, 5) is 44.1. The van der Waals surface area contributed by atoms with Gasteiger partial charge >= 0.3 is 0 Å². The molecule has 0 aliphatic carbocycles. The van der Waals surface area contributed by atoms with Crippen LogP contribution in [0, 0.1) is 0 Å². The quantitative estimate of drug-likeness (QED) is 0.128. The van der Waals surface area contributed by atoms with E-state index < -0.39 is 0 Å². The Morgan fingerprint density at radius 3 is 0.953 bits per heavy atom. The summed E-state index contributed by atoms with van der Waals surface area (Å²) < 4.78 is 23.1. The molecule has 0 radical (unpaired) electrons. The van der Waals surface area contributed by atoms with Crippen LogP contribution in [0.15, 0.2) is 119 Å². The molecule has 0 spiro atoms. The molecule has 4 aromatic carbocycles. The van der Waals surface area contributed by atoms with Crippen molar-refractivity contribution >= 4 is 80.1 Å². The summed E-state index contributed by atoms with van der Waals surface area (Å²) in [5.74, 6) is 2.53. The van der Waals surface area contributed by atoms with E-state index in [0.717, 1.165) is 99.1 Å². The molecule has 2 aliphatic rings. The first-order valence-electron chi connectivity index (χ1n) is 20.3.